The Morgan fingerprint density at radius 1 is 0.944 bits per heavy atom. The van der Waals surface area contributed by atoms with Gasteiger partial charge in [-0.05, 0) is 36.0 Å². The second kappa shape index (κ2) is 6.67. The van der Waals surface area contributed by atoms with Crippen molar-refractivity contribution < 1.29 is 10.2 Å². The molecule has 0 atom stereocenters. The first-order chi connectivity index (χ1) is 8.53. The van der Waals surface area contributed by atoms with E-state index in [1.54, 1.807) is 12.1 Å². The molecule has 0 bridgehead atoms. The van der Waals surface area contributed by atoms with Crippen LogP contribution in [0.25, 0.3) is 0 Å². The molecular weight excluding hydrogens is 224 g/mol. The summed E-state index contributed by atoms with van der Waals surface area (Å²) in [5.41, 5.74) is 1.25. The zero-order valence-corrected chi connectivity index (χ0v) is 11.9. The molecule has 2 N–H and O–H groups in total. The summed E-state index contributed by atoms with van der Waals surface area (Å²) in [6, 6.07) is 5.27. The highest BCUT2D eigenvalue weighted by atomic mass is 16.3. The van der Waals surface area contributed by atoms with Crippen LogP contribution in [0.3, 0.4) is 0 Å². The second-order valence-electron chi connectivity index (χ2n) is 5.47. The Bertz CT molecular complexity index is 363. The smallest absolute Gasteiger partial charge is 0.157 e. The number of hydrogen-bond donors (Lipinski definition) is 2. The molecule has 0 fully saturated rings. The molecule has 1 aromatic rings. The fourth-order valence-corrected chi connectivity index (χ4v) is 2.45. The first-order valence-electron chi connectivity index (χ1n) is 7.06. The molecule has 0 aliphatic rings. The number of phenols is 2. The maximum Gasteiger partial charge on any atom is 0.157 e. The lowest BCUT2D eigenvalue weighted by atomic mass is 9.74. The number of unbranched alkanes of at least 4 members (excludes halogenated alkanes) is 2. The van der Waals surface area contributed by atoms with Crippen molar-refractivity contribution in [2.24, 2.45) is 0 Å². The van der Waals surface area contributed by atoms with Crippen LogP contribution in [-0.2, 0) is 5.41 Å². The van der Waals surface area contributed by atoms with Gasteiger partial charge in [-0.1, -0.05) is 52.5 Å². The van der Waals surface area contributed by atoms with Gasteiger partial charge in [-0.2, -0.15) is 0 Å². The first kappa shape index (κ1) is 14.9. The van der Waals surface area contributed by atoms with Gasteiger partial charge in [0, 0.05) is 0 Å². The minimum Gasteiger partial charge on any atom is -0.504 e. The van der Waals surface area contributed by atoms with Gasteiger partial charge in [0.05, 0.1) is 0 Å². The SMILES string of the molecule is CCCCC(C)(CCCC)c1ccc(O)c(O)c1. The highest BCUT2D eigenvalue weighted by Crippen LogP contribution is 2.38. The lowest BCUT2D eigenvalue weighted by Gasteiger charge is -2.30. The Balaban J connectivity index is 2.96. The molecule has 0 radical (unpaired) electrons. The summed E-state index contributed by atoms with van der Waals surface area (Å²) >= 11 is 0. The van der Waals surface area contributed by atoms with Crippen LogP contribution in [0.5, 0.6) is 11.5 Å². The molecule has 0 amide bonds. The Kier molecular flexibility index (Phi) is 5.52. The predicted octanol–water partition coefficient (Wildman–Crippen LogP) is 4.74. The molecule has 0 spiro atoms. The molecule has 102 valence electrons. The maximum absolute atomic E-state index is 9.66. The minimum absolute atomic E-state index is 0.00766. The summed E-state index contributed by atoms with van der Waals surface area (Å²) in [7, 11) is 0. The zero-order chi connectivity index (χ0) is 13.6. The van der Waals surface area contributed by atoms with Crippen molar-refractivity contribution in [3.63, 3.8) is 0 Å². The van der Waals surface area contributed by atoms with E-state index in [0.29, 0.717) is 0 Å². The van der Waals surface area contributed by atoms with Gasteiger partial charge in [0.25, 0.3) is 0 Å². The quantitative estimate of drug-likeness (QED) is 0.686. The molecule has 1 rings (SSSR count). The summed E-state index contributed by atoms with van der Waals surface area (Å²) < 4.78 is 0. The van der Waals surface area contributed by atoms with E-state index in [1.807, 2.05) is 6.07 Å². The Morgan fingerprint density at radius 2 is 1.50 bits per heavy atom. The van der Waals surface area contributed by atoms with Gasteiger partial charge >= 0.3 is 0 Å². The number of hydrogen-bond acceptors (Lipinski definition) is 2. The molecule has 0 saturated carbocycles. The third-order valence-corrected chi connectivity index (χ3v) is 3.84. The van der Waals surface area contributed by atoms with Crippen LogP contribution in [0.2, 0.25) is 0 Å². The first-order valence-corrected chi connectivity index (χ1v) is 7.06. The van der Waals surface area contributed by atoms with Crippen molar-refractivity contribution in [3.05, 3.63) is 23.8 Å². The third-order valence-electron chi connectivity index (χ3n) is 3.84. The Morgan fingerprint density at radius 3 is 1.94 bits per heavy atom. The monoisotopic (exact) mass is 250 g/mol. The number of aromatic hydroxyl groups is 2. The van der Waals surface area contributed by atoms with Gasteiger partial charge < -0.3 is 10.2 Å². The maximum atomic E-state index is 9.66. The topological polar surface area (TPSA) is 40.5 Å². The van der Waals surface area contributed by atoms with Crippen molar-refractivity contribution in [1.29, 1.82) is 0 Å². The van der Waals surface area contributed by atoms with Gasteiger partial charge in [0.15, 0.2) is 11.5 Å². The average Bonchev–Trinajstić information content (AvgIpc) is 2.37. The van der Waals surface area contributed by atoms with Gasteiger partial charge in [0.2, 0.25) is 0 Å². The van der Waals surface area contributed by atoms with Crippen LogP contribution in [0.1, 0.15) is 64.9 Å². The predicted molar refractivity (Wildman–Crippen MR) is 76.2 cm³/mol. The van der Waals surface area contributed by atoms with Crippen molar-refractivity contribution in [2.45, 2.75) is 64.7 Å². The summed E-state index contributed by atoms with van der Waals surface area (Å²) in [6.07, 6.45) is 7.03. The van der Waals surface area contributed by atoms with E-state index in [-0.39, 0.29) is 16.9 Å². The van der Waals surface area contributed by atoms with E-state index in [2.05, 4.69) is 20.8 Å². The Labute approximate surface area is 111 Å². The third kappa shape index (κ3) is 3.66. The lowest BCUT2D eigenvalue weighted by Crippen LogP contribution is -2.21. The summed E-state index contributed by atoms with van der Waals surface area (Å²) in [5, 5.41) is 19.1. The molecule has 0 heterocycles. The molecule has 0 unspecified atom stereocenters. The van der Waals surface area contributed by atoms with E-state index < -0.39 is 0 Å². The summed E-state index contributed by atoms with van der Waals surface area (Å²) in [5.74, 6) is -0.0428. The highest BCUT2D eigenvalue weighted by Gasteiger charge is 2.26. The van der Waals surface area contributed by atoms with Crippen molar-refractivity contribution in [3.8, 4) is 11.5 Å². The van der Waals surface area contributed by atoms with Crippen LogP contribution in [0, 0.1) is 0 Å². The van der Waals surface area contributed by atoms with E-state index >= 15 is 0 Å². The van der Waals surface area contributed by atoms with E-state index in [0.717, 1.165) is 18.4 Å². The minimum atomic E-state index is -0.0351. The molecule has 2 heteroatoms. The zero-order valence-electron chi connectivity index (χ0n) is 11.9. The van der Waals surface area contributed by atoms with E-state index in [4.69, 9.17) is 0 Å². The van der Waals surface area contributed by atoms with E-state index in [1.165, 1.54) is 25.7 Å². The van der Waals surface area contributed by atoms with Gasteiger partial charge in [-0.3, -0.25) is 0 Å². The largest absolute Gasteiger partial charge is 0.504 e. The summed E-state index contributed by atoms with van der Waals surface area (Å²) in [6.45, 7) is 6.67. The van der Waals surface area contributed by atoms with Gasteiger partial charge in [-0.15, -0.1) is 0 Å². The van der Waals surface area contributed by atoms with Crippen LogP contribution in [-0.4, -0.2) is 10.2 Å². The van der Waals surface area contributed by atoms with Crippen molar-refractivity contribution in [2.75, 3.05) is 0 Å². The lowest BCUT2D eigenvalue weighted by molar-refractivity contribution is 0.367. The molecule has 2 nitrogen and oxygen atoms in total. The normalized spacial score (nSPS) is 11.7. The number of rotatable bonds is 7. The van der Waals surface area contributed by atoms with Gasteiger partial charge in [-0.25, -0.2) is 0 Å². The fraction of sp³-hybridized carbons (Fsp3) is 0.625. The molecule has 18 heavy (non-hydrogen) atoms. The van der Waals surface area contributed by atoms with Crippen LogP contribution in [0.15, 0.2) is 18.2 Å². The Hall–Kier alpha value is -1.18. The molecule has 0 aromatic heterocycles. The number of benzene rings is 1. The highest BCUT2D eigenvalue weighted by molar-refractivity contribution is 5.43. The molecular formula is C16H26O2. The van der Waals surface area contributed by atoms with Gasteiger partial charge in [0.1, 0.15) is 0 Å². The number of phenolic OH excluding ortho intramolecular Hbond substituents is 2. The molecule has 0 saturated heterocycles. The summed E-state index contributed by atoms with van der Waals surface area (Å²) in [4.78, 5) is 0. The molecule has 0 aliphatic heterocycles. The van der Waals surface area contributed by atoms with E-state index in [9.17, 15) is 10.2 Å². The molecule has 0 aliphatic carbocycles. The standard InChI is InChI=1S/C16H26O2/c1-4-6-10-16(3,11-7-5-2)13-8-9-14(17)15(18)12-13/h8-9,12,17-18H,4-7,10-11H2,1-3H3. The molecule has 1 aromatic carbocycles. The fourth-order valence-electron chi connectivity index (χ4n) is 2.45. The average molecular weight is 250 g/mol. The second-order valence-corrected chi connectivity index (χ2v) is 5.47. The van der Waals surface area contributed by atoms with Crippen LogP contribution >= 0.6 is 0 Å². The van der Waals surface area contributed by atoms with Crippen LogP contribution < -0.4 is 0 Å². The van der Waals surface area contributed by atoms with Crippen molar-refractivity contribution in [1.82, 2.24) is 0 Å². The van der Waals surface area contributed by atoms with Crippen molar-refractivity contribution >= 4 is 0 Å². The van der Waals surface area contributed by atoms with Crippen LogP contribution in [0.4, 0.5) is 0 Å².